The van der Waals surface area contributed by atoms with Crippen molar-refractivity contribution in [2.24, 2.45) is 0 Å². The van der Waals surface area contributed by atoms with Crippen molar-refractivity contribution in [1.29, 1.82) is 0 Å². The second-order valence-corrected chi connectivity index (χ2v) is 7.20. The molecule has 8 heteroatoms. The Morgan fingerprint density at radius 1 is 1.07 bits per heavy atom. The molecule has 2 aromatic heterocycles. The molecule has 1 amide bonds. The third-order valence-electron chi connectivity index (χ3n) is 4.37. The van der Waals surface area contributed by atoms with Crippen LogP contribution in [0.1, 0.15) is 12.5 Å². The summed E-state index contributed by atoms with van der Waals surface area (Å²) < 4.78 is 3.48. The Hall–Kier alpha value is -3.13. The van der Waals surface area contributed by atoms with E-state index in [-0.39, 0.29) is 17.2 Å². The summed E-state index contributed by atoms with van der Waals surface area (Å²) in [6.45, 7) is 2.86. The third-order valence-corrected chi connectivity index (χ3v) is 5.30. The number of rotatable bonds is 6. The van der Waals surface area contributed by atoms with Crippen LogP contribution in [0.15, 0.2) is 64.5 Å². The number of hydrogen-bond acceptors (Lipinski definition) is 5. The molecule has 4 rings (SSSR count). The number of hydrogen-bond donors (Lipinski definition) is 1. The Morgan fingerprint density at radius 3 is 2.61 bits per heavy atom. The van der Waals surface area contributed by atoms with Gasteiger partial charge in [0.1, 0.15) is 0 Å². The fourth-order valence-corrected chi connectivity index (χ4v) is 3.88. The highest BCUT2D eigenvalue weighted by Gasteiger charge is 2.17. The standard InChI is InChI=1S/C20H19N5O2S/c1-2-21-17(26)13-28-20-23-22-19-24(12-14-8-4-3-5-9-14)18(27)15-10-6-7-11-16(15)25(19)20/h3-11H,2,12-13H2,1H3,(H,21,26). The Bertz CT molecular complexity index is 1200. The minimum Gasteiger partial charge on any atom is -0.356 e. The van der Waals surface area contributed by atoms with Gasteiger partial charge in [0.2, 0.25) is 11.7 Å². The van der Waals surface area contributed by atoms with Crippen LogP contribution in [0.3, 0.4) is 0 Å². The number of carbonyl (C=O) groups is 1. The number of nitrogens with zero attached hydrogens (tertiary/aromatic N) is 4. The molecule has 7 nitrogen and oxygen atoms in total. The molecule has 0 spiro atoms. The lowest BCUT2D eigenvalue weighted by Crippen LogP contribution is -2.25. The summed E-state index contributed by atoms with van der Waals surface area (Å²) in [4.78, 5) is 25.0. The highest BCUT2D eigenvalue weighted by Crippen LogP contribution is 2.21. The van der Waals surface area contributed by atoms with E-state index in [1.165, 1.54) is 11.8 Å². The van der Waals surface area contributed by atoms with Crippen molar-refractivity contribution in [3.63, 3.8) is 0 Å². The fourth-order valence-electron chi connectivity index (χ4n) is 3.11. The molecule has 0 saturated heterocycles. The lowest BCUT2D eigenvalue weighted by molar-refractivity contribution is -0.118. The lowest BCUT2D eigenvalue weighted by atomic mass is 10.2. The van der Waals surface area contributed by atoms with Crippen molar-refractivity contribution in [2.75, 3.05) is 12.3 Å². The van der Waals surface area contributed by atoms with Crippen molar-refractivity contribution in [3.8, 4) is 0 Å². The largest absolute Gasteiger partial charge is 0.356 e. The van der Waals surface area contributed by atoms with Crippen molar-refractivity contribution < 1.29 is 4.79 Å². The quantitative estimate of drug-likeness (QED) is 0.509. The van der Waals surface area contributed by atoms with Gasteiger partial charge in [-0.05, 0) is 24.6 Å². The minimum absolute atomic E-state index is 0.0637. The van der Waals surface area contributed by atoms with E-state index in [0.29, 0.717) is 29.4 Å². The van der Waals surface area contributed by atoms with Crippen LogP contribution in [-0.2, 0) is 11.3 Å². The molecular weight excluding hydrogens is 374 g/mol. The molecule has 2 heterocycles. The minimum atomic E-state index is -0.111. The second kappa shape index (κ2) is 7.85. The topological polar surface area (TPSA) is 81.3 Å². The lowest BCUT2D eigenvalue weighted by Gasteiger charge is -2.11. The summed E-state index contributed by atoms with van der Waals surface area (Å²) in [6, 6.07) is 17.2. The predicted octanol–water partition coefficient (Wildman–Crippen LogP) is 2.32. The van der Waals surface area contributed by atoms with Gasteiger partial charge in [0, 0.05) is 6.54 Å². The molecule has 0 saturated carbocycles. The zero-order valence-corrected chi connectivity index (χ0v) is 16.1. The van der Waals surface area contributed by atoms with Gasteiger partial charge >= 0.3 is 0 Å². The van der Waals surface area contributed by atoms with Gasteiger partial charge < -0.3 is 5.32 Å². The monoisotopic (exact) mass is 393 g/mol. The first-order chi connectivity index (χ1) is 13.7. The maximum absolute atomic E-state index is 13.1. The molecule has 0 aliphatic carbocycles. The van der Waals surface area contributed by atoms with Gasteiger partial charge in [0.15, 0.2) is 5.16 Å². The number of para-hydroxylation sites is 1. The van der Waals surface area contributed by atoms with Crippen LogP contribution in [0.4, 0.5) is 0 Å². The summed E-state index contributed by atoms with van der Waals surface area (Å²) in [5.41, 5.74) is 1.62. The summed E-state index contributed by atoms with van der Waals surface area (Å²) in [7, 11) is 0. The number of thioether (sulfide) groups is 1. The Labute approximate surface area is 165 Å². The molecule has 0 radical (unpaired) electrons. The first kappa shape index (κ1) is 18.2. The third kappa shape index (κ3) is 3.38. The molecule has 2 aromatic carbocycles. The van der Waals surface area contributed by atoms with Crippen molar-refractivity contribution in [1.82, 2.24) is 24.5 Å². The predicted molar refractivity (Wildman–Crippen MR) is 110 cm³/mol. The first-order valence-electron chi connectivity index (χ1n) is 8.99. The van der Waals surface area contributed by atoms with Crippen molar-refractivity contribution in [2.45, 2.75) is 18.6 Å². The van der Waals surface area contributed by atoms with E-state index in [0.717, 1.165) is 11.1 Å². The Kier molecular flexibility index (Phi) is 5.12. The van der Waals surface area contributed by atoms with E-state index >= 15 is 0 Å². The maximum atomic E-state index is 13.1. The summed E-state index contributed by atoms with van der Waals surface area (Å²) in [6.07, 6.45) is 0. The molecule has 0 aliphatic heterocycles. The number of carbonyl (C=O) groups excluding carboxylic acids is 1. The molecular formula is C20H19N5O2S. The highest BCUT2D eigenvalue weighted by molar-refractivity contribution is 7.99. The van der Waals surface area contributed by atoms with Crippen LogP contribution >= 0.6 is 11.8 Å². The van der Waals surface area contributed by atoms with E-state index < -0.39 is 0 Å². The maximum Gasteiger partial charge on any atom is 0.263 e. The highest BCUT2D eigenvalue weighted by atomic mass is 32.2. The van der Waals surface area contributed by atoms with Crippen LogP contribution in [0, 0.1) is 0 Å². The molecule has 1 N–H and O–H groups in total. The average molecular weight is 393 g/mol. The molecule has 0 unspecified atom stereocenters. The Balaban J connectivity index is 1.86. The van der Waals surface area contributed by atoms with Crippen LogP contribution < -0.4 is 10.9 Å². The van der Waals surface area contributed by atoms with E-state index in [2.05, 4.69) is 15.5 Å². The van der Waals surface area contributed by atoms with Crippen LogP contribution in [0.5, 0.6) is 0 Å². The summed E-state index contributed by atoms with van der Waals surface area (Å²) >= 11 is 1.30. The zero-order chi connectivity index (χ0) is 19.5. The van der Waals surface area contributed by atoms with E-state index in [4.69, 9.17) is 0 Å². The van der Waals surface area contributed by atoms with Gasteiger partial charge in [-0.1, -0.05) is 54.2 Å². The van der Waals surface area contributed by atoms with Gasteiger partial charge in [0.05, 0.1) is 23.2 Å². The van der Waals surface area contributed by atoms with Crippen molar-refractivity contribution >= 4 is 34.3 Å². The van der Waals surface area contributed by atoms with E-state index in [1.807, 2.05) is 59.9 Å². The van der Waals surface area contributed by atoms with E-state index in [1.54, 1.807) is 10.6 Å². The van der Waals surface area contributed by atoms with E-state index in [9.17, 15) is 9.59 Å². The van der Waals surface area contributed by atoms with Crippen LogP contribution in [-0.4, -0.2) is 37.4 Å². The molecule has 4 aromatic rings. The Morgan fingerprint density at radius 2 is 1.82 bits per heavy atom. The number of benzene rings is 2. The normalized spacial score (nSPS) is 11.2. The van der Waals surface area contributed by atoms with Gasteiger partial charge in [-0.15, -0.1) is 10.2 Å². The summed E-state index contributed by atoms with van der Waals surface area (Å²) in [5.74, 6) is 0.637. The second-order valence-electron chi connectivity index (χ2n) is 6.25. The molecule has 0 atom stereocenters. The van der Waals surface area contributed by atoms with Crippen LogP contribution in [0.25, 0.3) is 16.7 Å². The number of amides is 1. The molecule has 28 heavy (non-hydrogen) atoms. The van der Waals surface area contributed by atoms with Gasteiger partial charge in [0.25, 0.3) is 5.56 Å². The number of aromatic nitrogens is 4. The first-order valence-corrected chi connectivity index (χ1v) is 9.97. The van der Waals surface area contributed by atoms with Gasteiger partial charge in [-0.25, -0.2) is 0 Å². The summed E-state index contributed by atoms with van der Waals surface area (Å²) in [5, 5.41) is 12.5. The zero-order valence-electron chi connectivity index (χ0n) is 15.3. The molecule has 0 aliphatic rings. The van der Waals surface area contributed by atoms with Gasteiger partial charge in [-0.3, -0.25) is 18.6 Å². The SMILES string of the molecule is CCNC(=O)CSc1nnc2n(Cc3ccccc3)c(=O)c3ccccc3n12. The van der Waals surface area contributed by atoms with Crippen molar-refractivity contribution in [3.05, 3.63) is 70.5 Å². The van der Waals surface area contributed by atoms with Gasteiger partial charge in [-0.2, -0.15) is 0 Å². The molecule has 142 valence electrons. The fraction of sp³-hybridized carbons (Fsp3) is 0.200. The van der Waals surface area contributed by atoms with Crippen LogP contribution in [0.2, 0.25) is 0 Å². The smallest absolute Gasteiger partial charge is 0.263 e. The number of nitrogens with one attached hydrogen (secondary N) is 1. The molecule has 0 bridgehead atoms. The molecule has 0 fully saturated rings. The average Bonchev–Trinajstić information content (AvgIpc) is 3.14. The number of fused-ring (bicyclic) bond motifs is 3.